The van der Waals surface area contributed by atoms with Crippen LogP contribution < -0.4 is 5.73 Å². The summed E-state index contributed by atoms with van der Waals surface area (Å²) in [5.74, 6) is 1.30. The van der Waals surface area contributed by atoms with Crippen LogP contribution in [0, 0.1) is 11.3 Å². The van der Waals surface area contributed by atoms with Crippen molar-refractivity contribution in [1.82, 2.24) is 4.98 Å². The molecule has 27 heavy (non-hydrogen) atoms. The van der Waals surface area contributed by atoms with Crippen LogP contribution in [0.3, 0.4) is 0 Å². The molecular weight excluding hydrogens is 352 g/mol. The van der Waals surface area contributed by atoms with Crippen LogP contribution in [0.4, 0.5) is 0 Å². The van der Waals surface area contributed by atoms with Gasteiger partial charge in [0.25, 0.3) is 0 Å². The van der Waals surface area contributed by atoms with E-state index in [1.54, 1.807) is 0 Å². The fourth-order valence-electron chi connectivity index (χ4n) is 3.84. The maximum Gasteiger partial charge on any atom is 0.151 e. The molecule has 1 aromatic heterocycles. The summed E-state index contributed by atoms with van der Waals surface area (Å²) in [6.45, 7) is 8.92. The second-order valence-corrected chi connectivity index (χ2v) is 9.14. The second kappa shape index (κ2) is 9.88. The van der Waals surface area contributed by atoms with Gasteiger partial charge in [0.1, 0.15) is 0 Å². The van der Waals surface area contributed by atoms with E-state index in [1.165, 1.54) is 33.7 Å². The number of rotatable bonds is 8. The number of hydrogen-bond donors (Lipinski definition) is 2. The van der Waals surface area contributed by atoms with Gasteiger partial charge in [-0.3, -0.25) is 10.4 Å². The van der Waals surface area contributed by atoms with Gasteiger partial charge in [-0.2, -0.15) is 0 Å². The van der Waals surface area contributed by atoms with Crippen molar-refractivity contribution in [2.24, 2.45) is 16.6 Å². The van der Waals surface area contributed by atoms with Gasteiger partial charge in [-0.05, 0) is 53.2 Å². The molecule has 4 nitrogen and oxygen atoms in total. The van der Waals surface area contributed by atoms with Crippen LogP contribution in [0.2, 0.25) is 0 Å². The Bertz CT molecular complexity index is 802. The number of nitrogens with zero attached hydrogens (tertiary/aromatic N) is 2. The molecule has 146 valence electrons. The maximum atomic E-state index is 7.51. The van der Waals surface area contributed by atoms with E-state index in [2.05, 4.69) is 55.9 Å². The average Bonchev–Trinajstić information content (AvgIpc) is 2.59. The Morgan fingerprint density at radius 2 is 1.96 bits per heavy atom. The molecule has 1 aromatic carbocycles. The van der Waals surface area contributed by atoms with E-state index in [-0.39, 0.29) is 5.17 Å². The van der Waals surface area contributed by atoms with E-state index in [0.29, 0.717) is 23.0 Å². The number of thioether (sulfide) groups is 1. The van der Waals surface area contributed by atoms with E-state index < -0.39 is 0 Å². The molecule has 4 unspecified atom stereocenters. The van der Waals surface area contributed by atoms with Crippen molar-refractivity contribution < 1.29 is 0 Å². The Hall–Kier alpha value is -1.88. The highest BCUT2D eigenvalue weighted by molar-refractivity contribution is 8.14. The number of hydrogen-bond acceptors (Lipinski definition) is 4. The molecule has 0 saturated heterocycles. The highest BCUT2D eigenvalue weighted by Gasteiger charge is 2.18. The molecule has 2 aromatic rings. The standard InChI is InChI=1S/C22H32N4S/c1-14(12-25-5)8-15(2)19-10-18-6-7-26-13-21(18)20(11-19)16(3)9-17(4)27-22(23)24/h6-7,10-17H,8-9H2,1-5H3,(H3,23,24). The summed E-state index contributed by atoms with van der Waals surface area (Å²) in [7, 11) is 1.84. The normalized spacial score (nSPS) is 16.3. The molecule has 3 N–H and O–H groups in total. The summed E-state index contributed by atoms with van der Waals surface area (Å²) in [4.78, 5) is 8.53. The van der Waals surface area contributed by atoms with Crippen molar-refractivity contribution in [2.75, 3.05) is 7.05 Å². The van der Waals surface area contributed by atoms with Crippen molar-refractivity contribution in [1.29, 1.82) is 5.41 Å². The van der Waals surface area contributed by atoms with Gasteiger partial charge in [0, 0.05) is 36.3 Å². The number of aromatic nitrogens is 1. The molecule has 0 radical (unpaired) electrons. The van der Waals surface area contributed by atoms with Crippen LogP contribution in [0.5, 0.6) is 0 Å². The highest BCUT2D eigenvalue weighted by Crippen LogP contribution is 2.35. The van der Waals surface area contributed by atoms with E-state index >= 15 is 0 Å². The van der Waals surface area contributed by atoms with Gasteiger partial charge >= 0.3 is 0 Å². The Morgan fingerprint density at radius 3 is 2.63 bits per heavy atom. The maximum absolute atomic E-state index is 7.51. The van der Waals surface area contributed by atoms with Crippen LogP contribution >= 0.6 is 11.8 Å². The number of benzene rings is 1. The van der Waals surface area contributed by atoms with Gasteiger partial charge < -0.3 is 10.7 Å². The highest BCUT2D eigenvalue weighted by atomic mass is 32.2. The predicted molar refractivity (Wildman–Crippen MR) is 120 cm³/mol. The van der Waals surface area contributed by atoms with Crippen molar-refractivity contribution in [3.63, 3.8) is 0 Å². The molecule has 5 heteroatoms. The molecule has 0 spiro atoms. The zero-order valence-corrected chi connectivity index (χ0v) is 17.9. The third kappa shape index (κ3) is 6.06. The van der Waals surface area contributed by atoms with Gasteiger partial charge in [-0.25, -0.2) is 0 Å². The first-order valence-electron chi connectivity index (χ1n) is 9.62. The minimum absolute atomic E-state index is 0.190. The second-order valence-electron chi connectivity index (χ2n) is 7.66. The molecule has 0 fully saturated rings. The zero-order valence-electron chi connectivity index (χ0n) is 17.1. The van der Waals surface area contributed by atoms with E-state index in [1.807, 2.05) is 25.7 Å². The summed E-state index contributed by atoms with van der Waals surface area (Å²) in [6.07, 6.45) is 7.94. The lowest BCUT2D eigenvalue weighted by molar-refractivity contribution is 0.597. The number of pyridine rings is 1. The molecule has 0 saturated carbocycles. The Balaban J connectivity index is 2.34. The number of nitrogens with two attached hydrogens (primary N) is 1. The molecule has 2 rings (SSSR count). The fraction of sp³-hybridized carbons (Fsp3) is 0.500. The van der Waals surface area contributed by atoms with Crippen LogP contribution in [-0.4, -0.2) is 28.7 Å². The number of amidine groups is 1. The third-order valence-corrected chi connectivity index (χ3v) is 5.90. The van der Waals surface area contributed by atoms with Gasteiger partial charge in [-0.1, -0.05) is 51.6 Å². The topological polar surface area (TPSA) is 75.1 Å². The quantitative estimate of drug-likeness (QED) is 0.461. The minimum atomic E-state index is 0.190. The zero-order chi connectivity index (χ0) is 20.0. The smallest absolute Gasteiger partial charge is 0.151 e. The largest absolute Gasteiger partial charge is 0.379 e. The predicted octanol–water partition coefficient (Wildman–Crippen LogP) is 5.57. The minimum Gasteiger partial charge on any atom is -0.379 e. The first-order valence-corrected chi connectivity index (χ1v) is 10.5. The molecule has 0 amide bonds. The lowest BCUT2D eigenvalue weighted by atomic mass is 9.85. The van der Waals surface area contributed by atoms with Crippen LogP contribution in [-0.2, 0) is 0 Å². The van der Waals surface area contributed by atoms with Gasteiger partial charge in [0.15, 0.2) is 5.17 Å². The number of nitrogens with one attached hydrogen (secondary N) is 1. The van der Waals surface area contributed by atoms with E-state index in [9.17, 15) is 0 Å². The van der Waals surface area contributed by atoms with Gasteiger partial charge in [0.05, 0.1) is 0 Å². The number of fused-ring (bicyclic) bond motifs is 1. The summed E-state index contributed by atoms with van der Waals surface area (Å²) in [5, 5.41) is 10.5. The summed E-state index contributed by atoms with van der Waals surface area (Å²) in [5.41, 5.74) is 8.28. The average molecular weight is 385 g/mol. The molecule has 0 aliphatic carbocycles. The van der Waals surface area contributed by atoms with Crippen LogP contribution in [0.1, 0.15) is 63.5 Å². The first-order chi connectivity index (χ1) is 12.8. The molecule has 4 atom stereocenters. The lowest BCUT2D eigenvalue weighted by Gasteiger charge is -2.22. The Labute approximate surface area is 167 Å². The van der Waals surface area contributed by atoms with Crippen molar-refractivity contribution in [2.45, 2.75) is 57.6 Å². The summed E-state index contributed by atoms with van der Waals surface area (Å²) < 4.78 is 0. The fourth-order valence-corrected chi connectivity index (χ4v) is 4.66. The molecule has 0 aliphatic rings. The molecule has 0 bridgehead atoms. The molecular formula is C22H32N4S. The van der Waals surface area contributed by atoms with Crippen LogP contribution in [0.25, 0.3) is 10.8 Å². The Kier molecular flexibility index (Phi) is 7.84. The molecule has 0 aliphatic heterocycles. The Morgan fingerprint density at radius 1 is 1.22 bits per heavy atom. The van der Waals surface area contributed by atoms with Gasteiger partial charge in [0.2, 0.25) is 0 Å². The molecule has 1 heterocycles. The van der Waals surface area contributed by atoms with E-state index in [0.717, 1.165) is 12.8 Å². The van der Waals surface area contributed by atoms with Crippen molar-refractivity contribution in [3.8, 4) is 0 Å². The lowest BCUT2D eigenvalue weighted by Crippen LogP contribution is -2.12. The van der Waals surface area contributed by atoms with Crippen LogP contribution in [0.15, 0.2) is 35.6 Å². The first kappa shape index (κ1) is 21.4. The number of aliphatic imine (C=N–C) groups is 1. The van der Waals surface area contributed by atoms with Crippen molar-refractivity contribution >= 4 is 33.9 Å². The summed E-state index contributed by atoms with van der Waals surface area (Å²) in [6, 6.07) is 6.77. The third-order valence-electron chi connectivity index (χ3n) is 5.05. The van der Waals surface area contributed by atoms with Gasteiger partial charge in [-0.15, -0.1) is 0 Å². The SMILES string of the molecule is CN=CC(C)CC(C)c1cc(C(C)CC(C)SC(=N)N)c2cnccc2c1. The van der Waals surface area contributed by atoms with Crippen molar-refractivity contribution in [3.05, 3.63) is 41.7 Å². The monoisotopic (exact) mass is 384 g/mol. The summed E-state index contributed by atoms with van der Waals surface area (Å²) >= 11 is 1.44. The van der Waals surface area contributed by atoms with E-state index in [4.69, 9.17) is 11.1 Å².